The maximum Gasteiger partial charge on any atom is 0.270 e. The first-order chi connectivity index (χ1) is 13.0. The number of rotatable bonds is 4. The third-order valence-corrected chi connectivity index (χ3v) is 5.95. The van der Waals surface area contributed by atoms with Crippen LogP contribution in [0.5, 0.6) is 0 Å². The second-order valence-corrected chi connectivity index (χ2v) is 8.27. The van der Waals surface area contributed by atoms with Gasteiger partial charge in [0.2, 0.25) is 0 Å². The topological polar surface area (TPSA) is 46.1 Å². The second kappa shape index (κ2) is 7.30. The molecule has 1 amide bonds. The summed E-state index contributed by atoms with van der Waals surface area (Å²) in [6, 6.07) is 10.6. The summed E-state index contributed by atoms with van der Waals surface area (Å²) in [4.78, 5) is 23.3. The molecule has 0 aliphatic rings. The molecule has 4 rings (SSSR count). The Hall–Kier alpha value is -2.42. The van der Waals surface area contributed by atoms with Gasteiger partial charge in [-0.15, -0.1) is 11.3 Å². The standard InChI is InChI=1S/C18H10ClF2N3OS2/c19-15-5-4-13(26-15)17(25)24(9-11-3-1-2-6-22-11)18-23-16-12(21)7-10(20)8-14(16)27-18/h1-8H,9H2. The van der Waals surface area contributed by atoms with E-state index in [1.54, 1.807) is 36.5 Å². The number of hydrogen-bond acceptors (Lipinski definition) is 5. The normalized spacial score (nSPS) is 11.1. The molecule has 0 saturated carbocycles. The molecule has 0 radical (unpaired) electrons. The van der Waals surface area contributed by atoms with Gasteiger partial charge in [-0.25, -0.2) is 13.8 Å². The number of pyridine rings is 1. The lowest BCUT2D eigenvalue weighted by atomic mass is 10.3. The fourth-order valence-corrected chi connectivity index (χ4v) is 4.50. The van der Waals surface area contributed by atoms with E-state index in [0.717, 1.165) is 28.7 Å². The van der Waals surface area contributed by atoms with Crippen molar-refractivity contribution in [3.05, 3.63) is 75.2 Å². The molecular weight excluding hydrogens is 412 g/mol. The van der Waals surface area contributed by atoms with Gasteiger partial charge in [0.15, 0.2) is 10.9 Å². The molecule has 0 unspecified atom stereocenters. The van der Waals surface area contributed by atoms with Crippen LogP contribution >= 0.6 is 34.3 Å². The van der Waals surface area contributed by atoms with Gasteiger partial charge in [-0.1, -0.05) is 29.0 Å². The highest BCUT2D eigenvalue weighted by atomic mass is 35.5. The maximum absolute atomic E-state index is 14.1. The number of hydrogen-bond donors (Lipinski definition) is 0. The Balaban J connectivity index is 1.79. The molecule has 0 bridgehead atoms. The Labute approximate surface area is 165 Å². The van der Waals surface area contributed by atoms with E-state index >= 15 is 0 Å². The molecule has 0 aliphatic carbocycles. The van der Waals surface area contributed by atoms with Gasteiger partial charge in [-0.05, 0) is 30.3 Å². The molecule has 4 aromatic rings. The van der Waals surface area contributed by atoms with Crippen LogP contribution in [0.4, 0.5) is 13.9 Å². The molecule has 0 saturated heterocycles. The van der Waals surface area contributed by atoms with Gasteiger partial charge >= 0.3 is 0 Å². The van der Waals surface area contributed by atoms with Crippen molar-refractivity contribution >= 4 is 55.5 Å². The summed E-state index contributed by atoms with van der Waals surface area (Å²) in [5.74, 6) is -1.79. The SMILES string of the molecule is O=C(c1ccc(Cl)s1)N(Cc1ccccn1)c1nc2c(F)cc(F)cc2s1. The van der Waals surface area contributed by atoms with E-state index in [0.29, 0.717) is 19.6 Å². The number of benzene rings is 1. The number of halogens is 3. The third kappa shape index (κ3) is 3.69. The molecular formula is C18H10ClF2N3OS2. The highest BCUT2D eigenvalue weighted by molar-refractivity contribution is 7.22. The molecule has 9 heteroatoms. The number of anilines is 1. The lowest BCUT2D eigenvalue weighted by Gasteiger charge is -2.18. The van der Waals surface area contributed by atoms with Crippen molar-refractivity contribution in [3.63, 3.8) is 0 Å². The molecule has 3 aromatic heterocycles. The van der Waals surface area contributed by atoms with Crippen LogP contribution in [0.3, 0.4) is 0 Å². The van der Waals surface area contributed by atoms with Crippen molar-refractivity contribution in [3.8, 4) is 0 Å². The predicted octanol–water partition coefficient (Wildman–Crippen LogP) is 5.53. The summed E-state index contributed by atoms with van der Waals surface area (Å²) in [5.41, 5.74) is 0.666. The van der Waals surface area contributed by atoms with Gasteiger partial charge in [0.25, 0.3) is 5.91 Å². The summed E-state index contributed by atoms with van der Waals surface area (Å²) in [6.45, 7) is 0.138. The van der Waals surface area contributed by atoms with Crippen LogP contribution in [-0.4, -0.2) is 15.9 Å². The Morgan fingerprint density at radius 1 is 1.15 bits per heavy atom. The zero-order chi connectivity index (χ0) is 19.0. The highest BCUT2D eigenvalue weighted by Crippen LogP contribution is 2.33. The molecule has 27 heavy (non-hydrogen) atoms. The van der Waals surface area contributed by atoms with E-state index in [2.05, 4.69) is 9.97 Å². The van der Waals surface area contributed by atoms with E-state index in [-0.39, 0.29) is 23.1 Å². The maximum atomic E-state index is 14.1. The quantitative estimate of drug-likeness (QED) is 0.435. The average Bonchev–Trinajstić information content (AvgIpc) is 3.26. The first-order valence-electron chi connectivity index (χ1n) is 7.74. The van der Waals surface area contributed by atoms with Crippen LogP contribution in [0, 0.1) is 11.6 Å². The predicted molar refractivity (Wildman–Crippen MR) is 104 cm³/mol. The van der Waals surface area contributed by atoms with E-state index in [9.17, 15) is 13.6 Å². The fourth-order valence-electron chi connectivity index (χ4n) is 2.50. The van der Waals surface area contributed by atoms with E-state index < -0.39 is 11.6 Å². The number of carbonyl (C=O) groups is 1. The van der Waals surface area contributed by atoms with Crippen LogP contribution in [0.2, 0.25) is 4.34 Å². The molecule has 1 aromatic carbocycles. The summed E-state index contributed by atoms with van der Waals surface area (Å²) in [7, 11) is 0. The zero-order valence-electron chi connectivity index (χ0n) is 13.5. The van der Waals surface area contributed by atoms with Crippen molar-refractivity contribution in [2.75, 3.05) is 4.90 Å². The molecule has 0 N–H and O–H groups in total. The average molecular weight is 422 g/mol. The Morgan fingerprint density at radius 3 is 2.70 bits per heavy atom. The van der Waals surface area contributed by atoms with Gasteiger partial charge in [-0.2, -0.15) is 0 Å². The molecule has 0 fully saturated rings. The van der Waals surface area contributed by atoms with Gasteiger partial charge in [0.1, 0.15) is 11.3 Å². The minimum atomic E-state index is -0.767. The minimum absolute atomic E-state index is 0.0273. The summed E-state index contributed by atoms with van der Waals surface area (Å²) in [6.07, 6.45) is 1.62. The molecule has 136 valence electrons. The number of fused-ring (bicyclic) bond motifs is 1. The number of thiazole rings is 1. The number of amides is 1. The monoisotopic (exact) mass is 421 g/mol. The van der Waals surface area contributed by atoms with E-state index in [4.69, 9.17) is 11.6 Å². The third-order valence-electron chi connectivity index (χ3n) is 3.71. The molecule has 0 atom stereocenters. The minimum Gasteiger partial charge on any atom is -0.277 e. The van der Waals surface area contributed by atoms with E-state index in [1.165, 1.54) is 11.0 Å². The lowest BCUT2D eigenvalue weighted by Crippen LogP contribution is -2.30. The van der Waals surface area contributed by atoms with Gasteiger partial charge in [0, 0.05) is 12.3 Å². The Kier molecular flexibility index (Phi) is 4.86. The Bertz CT molecular complexity index is 1130. The number of nitrogens with zero attached hydrogens (tertiary/aromatic N) is 3. The van der Waals surface area contributed by atoms with Crippen molar-refractivity contribution < 1.29 is 13.6 Å². The second-order valence-electron chi connectivity index (χ2n) is 5.55. The molecule has 0 spiro atoms. The van der Waals surface area contributed by atoms with Crippen LogP contribution < -0.4 is 4.90 Å². The van der Waals surface area contributed by atoms with Crippen LogP contribution in [0.1, 0.15) is 15.4 Å². The lowest BCUT2D eigenvalue weighted by molar-refractivity contribution is 0.0988. The van der Waals surface area contributed by atoms with Gasteiger partial charge in [0.05, 0.1) is 26.2 Å². The summed E-state index contributed by atoms with van der Waals surface area (Å²) >= 11 is 8.13. The fraction of sp³-hybridized carbons (Fsp3) is 0.0556. The van der Waals surface area contributed by atoms with Gasteiger partial charge < -0.3 is 0 Å². The Morgan fingerprint density at radius 2 is 2.00 bits per heavy atom. The first-order valence-corrected chi connectivity index (χ1v) is 9.75. The highest BCUT2D eigenvalue weighted by Gasteiger charge is 2.24. The first kappa shape index (κ1) is 18.0. The van der Waals surface area contributed by atoms with Crippen LogP contribution in [0.25, 0.3) is 10.2 Å². The van der Waals surface area contributed by atoms with Crippen molar-refractivity contribution in [2.24, 2.45) is 0 Å². The molecule has 3 heterocycles. The number of thiophene rings is 1. The van der Waals surface area contributed by atoms with Gasteiger partial charge in [-0.3, -0.25) is 14.7 Å². The smallest absolute Gasteiger partial charge is 0.270 e. The number of aromatic nitrogens is 2. The largest absolute Gasteiger partial charge is 0.277 e. The van der Waals surface area contributed by atoms with E-state index in [1.807, 2.05) is 0 Å². The van der Waals surface area contributed by atoms with Crippen molar-refractivity contribution in [2.45, 2.75) is 6.54 Å². The number of carbonyl (C=O) groups excluding carboxylic acids is 1. The summed E-state index contributed by atoms with van der Waals surface area (Å²) in [5, 5.41) is 0.259. The zero-order valence-corrected chi connectivity index (χ0v) is 15.9. The van der Waals surface area contributed by atoms with Crippen LogP contribution in [-0.2, 0) is 6.54 Å². The summed E-state index contributed by atoms with van der Waals surface area (Å²) < 4.78 is 28.4. The van der Waals surface area contributed by atoms with Crippen molar-refractivity contribution in [1.82, 2.24) is 9.97 Å². The molecule has 4 nitrogen and oxygen atoms in total. The van der Waals surface area contributed by atoms with Crippen molar-refractivity contribution in [1.29, 1.82) is 0 Å². The van der Waals surface area contributed by atoms with Crippen LogP contribution in [0.15, 0.2) is 48.7 Å². The molecule has 0 aliphatic heterocycles.